The molecule has 0 saturated carbocycles. The monoisotopic (exact) mass is 176 g/mol. The van der Waals surface area contributed by atoms with E-state index in [4.69, 9.17) is 10.2 Å². The number of esters is 1. The predicted octanol–water partition coefficient (Wildman–Crippen LogP) is 0.0966. The summed E-state index contributed by atoms with van der Waals surface area (Å²) in [6.45, 7) is 5.08. The van der Waals surface area contributed by atoms with Crippen molar-refractivity contribution in [3.8, 4) is 0 Å². The first-order valence-electron chi connectivity index (χ1n) is 3.61. The summed E-state index contributed by atoms with van der Waals surface area (Å²) in [5, 5.41) is 15.2. The van der Waals surface area contributed by atoms with Gasteiger partial charge in [-0.1, -0.05) is 13.5 Å². The van der Waals surface area contributed by atoms with Gasteiger partial charge in [0.1, 0.15) is 0 Å². The van der Waals surface area contributed by atoms with Gasteiger partial charge in [0.25, 0.3) is 0 Å². The lowest BCUT2D eigenvalue weighted by molar-refractivity contribution is -0.136. The first-order valence-corrected chi connectivity index (χ1v) is 3.61. The smallest absolute Gasteiger partial charge is 0.333 e. The van der Waals surface area contributed by atoms with Gasteiger partial charge in [-0.05, 0) is 6.42 Å². The van der Waals surface area contributed by atoms with Crippen LogP contribution in [0.5, 0.6) is 0 Å². The van der Waals surface area contributed by atoms with Crippen LogP contribution in [-0.4, -0.2) is 36.5 Å². The highest BCUT2D eigenvalue weighted by molar-refractivity contribution is 5.87. The maximum atomic E-state index is 10.4. The van der Waals surface area contributed by atoms with E-state index in [0.29, 0.717) is 12.0 Å². The number of carbonyl (C=O) groups is 1. The Morgan fingerprint density at radius 3 is 1.92 bits per heavy atom. The molecule has 12 heavy (non-hydrogen) atoms. The average Bonchev–Trinajstić information content (AvgIpc) is 2.15. The van der Waals surface area contributed by atoms with Crippen LogP contribution in [0, 0.1) is 0 Å². The molecule has 0 rings (SSSR count). The summed E-state index contributed by atoms with van der Waals surface area (Å²) in [6, 6.07) is 0. The second-order valence-electron chi connectivity index (χ2n) is 1.90. The minimum Gasteiger partial charge on any atom is -0.466 e. The third-order valence-corrected chi connectivity index (χ3v) is 1.00. The van der Waals surface area contributed by atoms with Crippen molar-refractivity contribution in [2.75, 3.05) is 20.3 Å². The van der Waals surface area contributed by atoms with Gasteiger partial charge in [0.2, 0.25) is 0 Å². The maximum Gasteiger partial charge on any atom is 0.333 e. The lowest BCUT2D eigenvalue weighted by Gasteiger charge is -1.95. The Morgan fingerprint density at radius 2 is 1.83 bits per heavy atom. The van der Waals surface area contributed by atoms with Crippen molar-refractivity contribution in [2.24, 2.45) is 0 Å². The van der Waals surface area contributed by atoms with Crippen LogP contribution in [0.15, 0.2) is 12.2 Å². The fourth-order valence-corrected chi connectivity index (χ4v) is 0.289. The Hall–Kier alpha value is -0.870. The predicted molar refractivity (Wildman–Crippen MR) is 45.6 cm³/mol. The molecule has 0 aromatic rings. The van der Waals surface area contributed by atoms with E-state index in [1.807, 2.05) is 6.92 Å². The second kappa shape index (κ2) is 10.1. The van der Waals surface area contributed by atoms with E-state index in [1.165, 1.54) is 7.11 Å². The van der Waals surface area contributed by atoms with Crippen LogP contribution >= 0.6 is 0 Å². The molecule has 0 heterocycles. The van der Waals surface area contributed by atoms with Crippen molar-refractivity contribution < 1.29 is 19.7 Å². The van der Waals surface area contributed by atoms with Gasteiger partial charge in [-0.25, -0.2) is 4.79 Å². The standard InChI is InChI=1S/C6H10O2.C2H6O2/c1-4-5(2)6(7)8-3;3-1-2-4/h2,4H2,1,3H3;3-4H,1-2H2. The van der Waals surface area contributed by atoms with Gasteiger partial charge in [-0.2, -0.15) is 0 Å². The number of ether oxygens (including phenoxy) is 1. The number of carbonyl (C=O) groups excluding carboxylic acids is 1. The first kappa shape index (κ1) is 13.7. The summed E-state index contributed by atoms with van der Waals surface area (Å²) in [4.78, 5) is 10.4. The summed E-state index contributed by atoms with van der Waals surface area (Å²) < 4.78 is 4.36. The molecule has 0 spiro atoms. The zero-order chi connectivity index (χ0) is 9.98. The van der Waals surface area contributed by atoms with Gasteiger partial charge in [0.15, 0.2) is 0 Å². The Balaban J connectivity index is 0. The van der Waals surface area contributed by atoms with Crippen LogP contribution in [0.1, 0.15) is 13.3 Å². The number of aliphatic hydroxyl groups is 2. The van der Waals surface area contributed by atoms with Crippen molar-refractivity contribution in [1.82, 2.24) is 0 Å². The largest absolute Gasteiger partial charge is 0.466 e. The minimum atomic E-state index is -0.312. The van der Waals surface area contributed by atoms with Gasteiger partial charge < -0.3 is 14.9 Å². The minimum absolute atomic E-state index is 0.125. The molecule has 0 amide bonds. The third-order valence-electron chi connectivity index (χ3n) is 1.00. The lowest BCUT2D eigenvalue weighted by Crippen LogP contribution is -2.01. The number of rotatable bonds is 3. The van der Waals surface area contributed by atoms with Crippen LogP contribution < -0.4 is 0 Å². The van der Waals surface area contributed by atoms with Gasteiger partial charge in [-0.3, -0.25) is 0 Å². The van der Waals surface area contributed by atoms with Crippen LogP contribution in [0.2, 0.25) is 0 Å². The highest BCUT2D eigenvalue weighted by Crippen LogP contribution is 1.96. The van der Waals surface area contributed by atoms with E-state index in [2.05, 4.69) is 11.3 Å². The van der Waals surface area contributed by atoms with E-state index in [0.717, 1.165) is 0 Å². The van der Waals surface area contributed by atoms with Crippen molar-refractivity contribution in [1.29, 1.82) is 0 Å². The van der Waals surface area contributed by atoms with E-state index in [-0.39, 0.29) is 19.2 Å². The molecular weight excluding hydrogens is 160 g/mol. The summed E-state index contributed by atoms with van der Waals surface area (Å²) in [5.74, 6) is -0.312. The normalized spacial score (nSPS) is 8.00. The SMILES string of the molecule is C=C(CC)C(=O)OC.OCCO. The van der Waals surface area contributed by atoms with Crippen LogP contribution in [0.25, 0.3) is 0 Å². The zero-order valence-corrected chi connectivity index (χ0v) is 7.54. The molecule has 2 N–H and O–H groups in total. The summed E-state index contributed by atoms with van der Waals surface area (Å²) in [5.41, 5.74) is 0.521. The molecule has 0 unspecified atom stereocenters. The maximum absolute atomic E-state index is 10.4. The Morgan fingerprint density at radius 1 is 1.42 bits per heavy atom. The van der Waals surface area contributed by atoms with Gasteiger partial charge in [0, 0.05) is 5.57 Å². The Bertz CT molecular complexity index is 115. The molecule has 0 aliphatic heterocycles. The first-order chi connectivity index (χ1) is 5.63. The highest BCUT2D eigenvalue weighted by atomic mass is 16.5. The highest BCUT2D eigenvalue weighted by Gasteiger charge is 2.00. The number of hydrogen-bond donors (Lipinski definition) is 2. The molecule has 4 heteroatoms. The zero-order valence-electron chi connectivity index (χ0n) is 7.54. The Labute approximate surface area is 72.5 Å². The van der Waals surface area contributed by atoms with Gasteiger partial charge in [-0.15, -0.1) is 0 Å². The summed E-state index contributed by atoms with van der Waals surface area (Å²) in [6.07, 6.45) is 0.659. The fourth-order valence-electron chi connectivity index (χ4n) is 0.289. The molecule has 0 radical (unpaired) electrons. The number of hydrogen-bond acceptors (Lipinski definition) is 4. The summed E-state index contributed by atoms with van der Waals surface area (Å²) in [7, 11) is 1.35. The Kier molecular flexibility index (Phi) is 11.6. The van der Waals surface area contributed by atoms with Crippen LogP contribution in [0.3, 0.4) is 0 Å². The quantitative estimate of drug-likeness (QED) is 0.472. The molecule has 0 aliphatic carbocycles. The number of methoxy groups -OCH3 is 1. The van der Waals surface area contributed by atoms with Gasteiger partial charge >= 0.3 is 5.97 Å². The van der Waals surface area contributed by atoms with Gasteiger partial charge in [0.05, 0.1) is 20.3 Å². The van der Waals surface area contributed by atoms with Crippen molar-refractivity contribution >= 4 is 5.97 Å². The van der Waals surface area contributed by atoms with E-state index in [9.17, 15) is 4.79 Å². The van der Waals surface area contributed by atoms with Crippen molar-refractivity contribution in [2.45, 2.75) is 13.3 Å². The molecule has 0 saturated heterocycles. The van der Waals surface area contributed by atoms with E-state index >= 15 is 0 Å². The molecule has 0 aliphatic rings. The molecule has 4 nitrogen and oxygen atoms in total. The lowest BCUT2D eigenvalue weighted by atomic mass is 10.2. The third kappa shape index (κ3) is 9.13. The molecular formula is C8H16O4. The van der Waals surface area contributed by atoms with E-state index in [1.54, 1.807) is 0 Å². The van der Waals surface area contributed by atoms with E-state index < -0.39 is 0 Å². The topological polar surface area (TPSA) is 66.8 Å². The molecule has 0 bridgehead atoms. The molecule has 0 aromatic carbocycles. The molecule has 0 fully saturated rings. The average molecular weight is 176 g/mol. The second-order valence-corrected chi connectivity index (χ2v) is 1.90. The number of aliphatic hydroxyl groups excluding tert-OH is 2. The van der Waals surface area contributed by atoms with Crippen LogP contribution in [0.4, 0.5) is 0 Å². The molecule has 0 aromatic heterocycles. The molecule has 72 valence electrons. The van der Waals surface area contributed by atoms with Crippen molar-refractivity contribution in [3.05, 3.63) is 12.2 Å². The van der Waals surface area contributed by atoms with Crippen LogP contribution in [-0.2, 0) is 9.53 Å². The fraction of sp³-hybridized carbons (Fsp3) is 0.625. The van der Waals surface area contributed by atoms with Crippen molar-refractivity contribution in [3.63, 3.8) is 0 Å². The molecule has 0 atom stereocenters. The summed E-state index contributed by atoms with van der Waals surface area (Å²) >= 11 is 0.